The zero-order chi connectivity index (χ0) is 19.7. The number of ketones is 1. The van der Waals surface area contributed by atoms with E-state index in [0.717, 1.165) is 5.70 Å². The van der Waals surface area contributed by atoms with Crippen LogP contribution >= 0.6 is 12.4 Å². The highest BCUT2D eigenvalue weighted by Crippen LogP contribution is 2.42. The van der Waals surface area contributed by atoms with Crippen molar-refractivity contribution in [3.63, 3.8) is 0 Å². The third-order valence-corrected chi connectivity index (χ3v) is 4.77. The Labute approximate surface area is 169 Å². The molecule has 0 fully saturated rings. The van der Waals surface area contributed by atoms with Crippen LogP contribution in [0.5, 0.6) is 0 Å². The topological polar surface area (TPSA) is 83.6 Å². The number of nitrogens with two attached hydrogens (primary N) is 1. The zero-order valence-electron chi connectivity index (χ0n) is 15.8. The highest BCUT2D eigenvalue weighted by molar-refractivity contribution is 6.05. The van der Waals surface area contributed by atoms with Gasteiger partial charge in [0.05, 0.1) is 0 Å². The minimum absolute atomic E-state index is 0. The molecule has 1 aliphatic carbocycles. The lowest BCUT2D eigenvalue weighted by Crippen LogP contribution is -2.34. The molecule has 0 radical (unpaired) electrons. The number of carboxylic acid groups (broad SMARTS) is 1. The van der Waals surface area contributed by atoms with Crippen LogP contribution in [-0.2, 0) is 9.59 Å². The highest BCUT2D eigenvalue weighted by Gasteiger charge is 2.36. The number of aliphatic carboxylic acids is 1. The minimum Gasteiger partial charge on any atom is -0.480 e. The van der Waals surface area contributed by atoms with Crippen molar-refractivity contribution in [2.75, 3.05) is 13.1 Å². The Hall–Kier alpha value is -2.44. The van der Waals surface area contributed by atoms with Crippen molar-refractivity contribution in [2.45, 2.75) is 20.3 Å². The van der Waals surface area contributed by atoms with Gasteiger partial charge in [0.25, 0.3) is 0 Å². The van der Waals surface area contributed by atoms with Crippen LogP contribution in [0.1, 0.15) is 25.8 Å². The van der Waals surface area contributed by atoms with Gasteiger partial charge in [-0.05, 0) is 23.1 Å². The molecule has 0 spiro atoms. The summed E-state index contributed by atoms with van der Waals surface area (Å²) >= 11 is 0. The molecule has 0 amide bonds. The molecule has 0 saturated carbocycles. The molecule has 1 aliphatic heterocycles. The Morgan fingerprint density at radius 2 is 2.04 bits per heavy atom. The molecule has 5 nitrogen and oxygen atoms in total. The Balaban J connectivity index is 0.00000280. The first kappa shape index (κ1) is 21.9. The number of carbonyl (C=O) groups excluding carboxylic acids is 1. The fourth-order valence-corrected chi connectivity index (χ4v) is 3.63. The van der Waals surface area contributed by atoms with E-state index in [4.69, 9.17) is 5.73 Å². The van der Waals surface area contributed by atoms with E-state index in [1.54, 1.807) is 18.2 Å². The second kappa shape index (κ2) is 8.71. The summed E-state index contributed by atoms with van der Waals surface area (Å²) in [4.78, 5) is 25.7. The van der Waals surface area contributed by atoms with E-state index in [9.17, 15) is 19.1 Å². The summed E-state index contributed by atoms with van der Waals surface area (Å²) in [6.45, 7) is 4.96. The van der Waals surface area contributed by atoms with Gasteiger partial charge in [0.1, 0.15) is 11.7 Å². The van der Waals surface area contributed by atoms with E-state index in [-0.39, 0.29) is 31.2 Å². The average molecular weight is 407 g/mol. The molecule has 28 heavy (non-hydrogen) atoms. The van der Waals surface area contributed by atoms with Gasteiger partial charge in [0, 0.05) is 42.5 Å². The standard InChI is InChI=1S/C21H23FN2O3.ClH/c1-12(2)10-24-11-13-7-19(25)16(21(26)27)8-15(13)20(18(24)9-23)14-5-3-4-6-17(14)22;/h3-6,8,11-12,16H,7,9-10,23H2,1-2H3,(H,26,27);1H. The maximum absolute atomic E-state index is 14.6. The van der Waals surface area contributed by atoms with Crippen LogP contribution in [0.15, 0.2) is 53.4 Å². The van der Waals surface area contributed by atoms with E-state index in [2.05, 4.69) is 13.8 Å². The zero-order valence-corrected chi connectivity index (χ0v) is 16.6. The molecule has 1 heterocycles. The second-order valence-electron chi connectivity index (χ2n) is 7.25. The monoisotopic (exact) mass is 406 g/mol. The number of halogens is 2. The molecule has 1 atom stereocenters. The number of carboxylic acids is 1. The van der Waals surface area contributed by atoms with Gasteiger partial charge in [-0.25, -0.2) is 4.39 Å². The predicted molar refractivity (Wildman–Crippen MR) is 108 cm³/mol. The molecule has 0 aromatic heterocycles. The van der Waals surface area contributed by atoms with Crippen molar-refractivity contribution in [2.24, 2.45) is 17.6 Å². The number of nitrogens with zero attached hydrogens (tertiary/aromatic N) is 1. The molecular weight excluding hydrogens is 383 g/mol. The second-order valence-corrected chi connectivity index (χ2v) is 7.25. The Kier molecular flexibility index (Phi) is 6.80. The van der Waals surface area contributed by atoms with E-state index >= 15 is 0 Å². The van der Waals surface area contributed by atoms with Crippen molar-refractivity contribution >= 4 is 29.7 Å². The summed E-state index contributed by atoms with van der Waals surface area (Å²) in [5, 5.41) is 9.39. The number of carbonyl (C=O) groups is 2. The van der Waals surface area contributed by atoms with Crippen molar-refractivity contribution < 1.29 is 19.1 Å². The van der Waals surface area contributed by atoms with E-state index in [1.807, 2.05) is 11.1 Å². The first-order chi connectivity index (χ1) is 12.8. The first-order valence-corrected chi connectivity index (χ1v) is 8.97. The molecule has 0 bridgehead atoms. The van der Waals surface area contributed by atoms with Crippen molar-refractivity contribution in [1.82, 2.24) is 4.90 Å². The third kappa shape index (κ3) is 4.03. The molecular formula is C21H24ClFN2O3. The average Bonchev–Trinajstić information content (AvgIpc) is 2.60. The fraction of sp³-hybridized carbons (Fsp3) is 0.333. The predicted octanol–water partition coefficient (Wildman–Crippen LogP) is 3.37. The summed E-state index contributed by atoms with van der Waals surface area (Å²) < 4.78 is 14.6. The molecule has 150 valence electrons. The van der Waals surface area contributed by atoms with Crippen LogP contribution in [0.25, 0.3) is 5.57 Å². The number of hydrogen-bond donors (Lipinski definition) is 2. The van der Waals surface area contributed by atoms with Gasteiger partial charge in [-0.1, -0.05) is 38.1 Å². The maximum Gasteiger partial charge on any atom is 0.317 e. The van der Waals surface area contributed by atoms with Gasteiger partial charge in [0.2, 0.25) is 0 Å². The number of Topliss-reactive ketones (excluding diaryl/α,β-unsaturated/α-hetero) is 1. The molecule has 3 N–H and O–H groups in total. The summed E-state index contributed by atoms with van der Waals surface area (Å²) in [5.74, 6) is -2.88. The van der Waals surface area contributed by atoms with Crippen molar-refractivity contribution in [3.05, 3.63) is 64.8 Å². The lowest BCUT2D eigenvalue weighted by Gasteiger charge is -2.36. The van der Waals surface area contributed by atoms with Gasteiger partial charge < -0.3 is 15.7 Å². The third-order valence-electron chi connectivity index (χ3n) is 4.77. The van der Waals surface area contributed by atoms with E-state index < -0.39 is 17.7 Å². The molecule has 3 rings (SSSR count). The highest BCUT2D eigenvalue weighted by atomic mass is 35.5. The number of benzene rings is 1. The lowest BCUT2D eigenvalue weighted by atomic mass is 9.78. The van der Waals surface area contributed by atoms with Crippen molar-refractivity contribution in [3.8, 4) is 0 Å². The number of hydrogen-bond acceptors (Lipinski definition) is 4. The fourth-order valence-electron chi connectivity index (χ4n) is 3.63. The summed E-state index contributed by atoms with van der Waals surface area (Å²) in [7, 11) is 0. The SMILES string of the molecule is CC(C)CN1C=C2CC(=O)C(C(=O)O)C=C2C(c2ccccc2F)=C1CN.Cl. The first-order valence-electron chi connectivity index (χ1n) is 8.97. The molecule has 7 heteroatoms. The van der Waals surface area contributed by atoms with Crippen LogP contribution < -0.4 is 5.73 Å². The quantitative estimate of drug-likeness (QED) is 0.732. The lowest BCUT2D eigenvalue weighted by molar-refractivity contribution is -0.144. The van der Waals surface area contributed by atoms with Gasteiger partial charge in [-0.2, -0.15) is 0 Å². The summed E-state index contributed by atoms with van der Waals surface area (Å²) in [6.07, 6.45) is 3.30. The van der Waals surface area contributed by atoms with Gasteiger partial charge in [0.15, 0.2) is 5.78 Å². The van der Waals surface area contributed by atoms with E-state index in [1.165, 1.54) is 12.1 Å². The van der Waals surface area contributed by atoms with Crippen LogP contribution in [0.4, 0.5) is 4.39 Å². The molecule has 1 aromatic rings. The summed E-state index contributed by atoms with van der Waals surface area (Å²) in [5.41, 5.74) is 8.99. The number of rotatable bonds is 5. The van der Waals surface area contributed by atoms with Crippen LogP contribution in [0.3, 0.4) is 0 Å². The van der Waals surface area contributed by atoms with Gasteiger partial charge in [-0.3, -0.25) is 9.59 Å². The van der Waals surface area contributed by atoms with Crippen LogP contribution in [-0.4, -0.2) is 34.8 Å². The van der Waals surface area contributed by atoms with Gasteiger partial charge in [-0.15, -0.1) is 12.4 Å². The Bertz CT molecular complexity index is 889. The van der Waals surface area contributed by atoms with Crippen LogP contribution in [0, 0.1) is 17.7 Å². The van der Waals surface area contributed by atoms with Crippen LogP contribution in [0.2, 0.25) is 0 Å². The molecule has 1 aromatic carbocycles. The molecule has 1 unspecified atom stereocenters. The minimum atomic E-state index is -1.23. The maximum atomic E-state index is 14.6. The largest absolute Gasteiger partial charge is 0.480 e. The normalized spacial score (nSPS) is 19.1. The van der Waals surface area contributed by atoms with Crippen molar-refractivity contribution in [1.29, 1.82) is 0 Å². The van der Waals surface area contributed by atoms with Gasteiger partial charge >= 0.3 is 5.97 Å². The summed E-state index contributed by atoms with van der Waals surface area (Å²) in [6, 6.07) is 6.35. The Morgan fingerprint density at radius 1 is 1.36 bits per heavy atom. The molecule has 2 aliphatic rings. The Morgan fingerprint density at radius 3 is 2.61 bits per heavy atom. The molecule has 0 saturated heterocycles. The smallest absolute Gasteiger partial charge is 0.317 e. The number of fused-ring (bicyclic) bond motifs is 1. The van der Waals surface area contributed by atoms with E-state index in [0.29, 0.717) is 34.7 Å². The number of allylic oxidation sites excluding steroid dienone is 3.